The van der Waals surface area contributed by atoms with Gasteiger partial charge in [-0.15, -0.1) is 0 Å². The predicted molar refractivity (Wildman–Crippen MR) is 75.0 cm³/mol. The zero-order valence-electron chi connectivity index (χ0n) is 12.4. The van der Waals surface area contributed by atoms with Crippen LogP contribution < -0.4 is 5.73 Å². The highest BCUT2D eigenvalue weighted by Gasteiger charge is 2.34. The van der Waals surface area contributed by atoms with Gasteiger partial charge in [-0.3, -0.25) is 9.69 Å². The topological polar surface area (TPSA) is 110 Å². The first-order valence-corrected chi connectivity index (χ1v) is 8.15. The van der Waals surface area contributed by atoms with E-state index >= 15 is 0 Å². The number of aryl methyl sites for hydroxylation is 2. The molecule has 1 aliphatic rings. The largest absolute Gasteiger partial charge is 0.368 e. The summed E-state index contributed by atoms with van der Waals surface area (Å²) >= 11 is 0. The molecule has 8 nitrogen and oxygen atoms in total. The van der Waals surface area contributed by atoms with Crippen molar-refractivity contribution in [2.45, 2.75) is 31.7 Å². The average Bonchev–Trinajstić information content (AvgIpc) is 2.78. The van der Waals surface area contributed by atoms with Crippen LogP contribution in [0.4, 0.5) is 0 Å². The highest BCUT2D eigenvalue weighted by atomic mass is 32.2. The second-order valence-corrected chi connectivity index (χ2v) is 7.05. The van der Waals surface area contributed by atoms with Crippen LogP contribution in [-0.2, 0) is 14.8 Å². The molecule has 21 heavy (non-hydrogen) atoms. The maximum Gasteiger partial charge on any atom is 0.248 e. The van der Waals surface area contributed by atoms with Gasteiger partial charge >= 0.3 is 0 Å². The molecule has 0 saturated carbocycles. The Bertz CT molecular complexity index is 612. The van der Waals surface area contributed by atoms with Crippen molar-refractivity contribution in [2.75, 3.05) is 26.2 Å². The van der Waals surface area contributed by atoms with E-state index in [1.54, 1.807) is 20.8 Å². The van der Waals surface area contributed by atoms with Gasteiger partial charge in [0, 0.05) is 26.2 Å². The van der Waals surface area contributed by atoms with E-state index in [-0.39, 0.29) is 4.90 Å². The molecule has 1 unspecified atom stereocenters. The van der Waals surface area contributed by atoms with E-state index < -0.39 is 22.0 Å². The van der Waals surface area contributed by atoms with E-state index in [1.165, 1.54) is 4.31 Å². The summed E-state index contributed by atoms with van der Waals surface area (Å²) in [6, 6.07) is -0.395. The maximum atomic E-state index is 12.6. The van der Waals surface area contributed by atoms with Crippen LogP contribution in [0.2, 0.25) is 0 Å². The number of nitrogens with zero attached hydrogens (tertiary/aromatic N) is 3. The van der Waals surface area contributed by atoms with Crippen LogP contribution in [0.3, 0.4) is 0 Å². The van der Waals surface area contributed by atoms with Crippen molar-refractivity contribution in [3.05, 3.63) is 11.5 Å². The van der Waals surface area contributed by atoms with Gasteiger partial charge in [0.15, 0.2) is 5.76 Å². The first kappa shape index (κ1) is 15.9. The third-order valence-electron chi connectivity index (χ3n) is 3.80. The number of sulfonamides is 1. The molecule has 0 radical (unpaired) electrons. The van der Waals surface area contributed by atoms with Gasteiger partial charge in [0.05, 0.1) is 6.04 Å². The molecule has 2 N–H and O–H groups in total. The fraction of sp³-hybridized carbons (Fsp3) is 0.667. The minimum Gasteiger partial charge on any atom is -0.368 e. The van der Waals surface area contributed by atoms with E-state index in [4.69, 9.17) is 10.3 Å². The molecule has 2 rings (SSSR count). The van der Waals surface area contributed by atoms with Crippen LogP contribution in [0.1, 0.15) is 18.4 Å². The second kappa shape index (κ2) is 5.74. The van der Waals surface area contributed by atoms with Crippen LogP contribution in [0.15, 0.2) is 9.42 Å². The number of hydrogen-bond donors (Lipinski definition) is 1. The Kier molecular flexibility index (Phi) is 4.35. The highest BCUT2D eigenvalue weighted by Crippen LogP contribution is 2.24. The smallest absolute Gasteiger partial charge is 0.248 e. The molecule has 1 aliphatic heterocycles. The lowest BCUT2D eigenvalue weighted by Crippen LogP contribution is -2.54. The van der Waals surface area contributed by atoms with Gasteiger partial charge in [0.1, 0.15) is 10.6 Å². The quantitative estimate of drug-likeness (QED) is 0.800. The summed E-state index contributed by atoms with van der Waals surface area (Å²) in [5.41, 5.74) is 5.63. The number of primary amides is 1. The number of carbonyl (C=O) groups excluding carboxylic acids is 1. The number of piperazine rings is 1. The SMILES string of the molecule is Cc1noc(C)c1S(=O)(=O)N1CCN(C(C)C(N)=O)CC1. The summed E-state index contributed by atoms with van der Waals surface area (Å²) in [6.07, 6.45) is 0. The number of aromatic nitrogens is 1. The lowest BCUT2D eigenvalue weighted by atomic mass is 10.2. The Morgan fingerprint density at radius 1 is 1.29 bits per heavy atom. The molecule has 2 heterocycles. The fourth-order valence-electron chi connectivity index (χ4n) is 2.48. The molecular formula is C12H20N4O4S. The van der Waals surface area contributed by atoms with E-state index in [1.807, 2.05) is 4.90 Å². The molecule has 1 fully saturated rings. The standard InChI is InChI=1S/C12H20N4O4S/c1-8-11(10(3)20-14-8)21(18,19)16-6-4-15(5-7-16)9(2)12(13)17/h9H,4-7H2,1-3H3,(H2,13,17). The Morgan fingerprint density at radius 2 is 1.86 bits per heavy atom. The first-order valence-electron chi connectivity index (χ1n) is 6.71. The van der Waals surface area contributed by atoms with E-state index in [2.05, 4.69) is 5.16 Å². The average molecular weight is 316 g/mol. The summed E-state index contributed by atoms with van der Waals surface area (Å²) < 4.78 is 31.6. The Balaban J connectivity index is 2.14. The van der Waals surface area contributed by atoms with Gasteiger partial charge in [-0.2, -0.15) is 4.31 Å². The van der Waals surface area contributed by atoms with Crippen molar-refractivity contribution in [3.8, 4) is 0 Å². The van der Waals surface area contributed by atoms with Crippen LogP contribution >= 0.6 is 0 Å². The molecular weight excluding hydrogens is 296 g/mol. The third-order valence-corrected chi connectivity index (χ3v) is 5.94. The van der Waals surface area contributed by atoms with Crippen molar-refractivity contribution in [2.24, 2.45) is 5.73 Å². The van der Waals surface area contributed by atoms with Crippen molar-refractivity contribution < 1.29 is 17.7 Å². The summed E-state index contributed by atoms with van der Waals surface area (Å²) in [5, 5.41) is 3.69. The molecule has 0 spiro atoms. The lowest BCUT2D eigenvalue weighted by Gasteiger charge is -2.36. The van der Waals surface area contributed by atoms with Crippen LogP contribution in [0.5, 0.6) is 0 Å². The fourth-order valence-corrected chi connectivity index (χ4v) is 4.20. The van der Waals surface area contributed by atoms with Gasteiger partial charge < -0.3 is 10.3 Å². The van der Waals surface area contributed by atoms with E-state index in [0.717, 1.165) is 0 Å². The maximum absolute atomic E-state index is 12.6. The first-order chi connectivity index (χ1) is 9.75. The van der Waals surface area contributed by atoms with Gasteiger partial charge in [-0.25, -0.2) is 8.42 Å². The summed E-state index contributed by atoms with van der Waals surface area (Å²) in [4.78, 5) is 13.2. The van der Waals surface area contributed by atoms with Crippen LogP contribution in [0, 0.1) is 13.8 Å². The molecule has 1 aromatic rings. The third kappa shape index (κ3) is 2.94. The molecule has 9 heteroatoms. The van der Waals surface area contributed by atoms with Gasteiger partial charge in [-0.05, 0) is 20.8 Å². The van der Waals surface area contributed by atoms with E-state index in [9.17, 15) is 13.2 Å². The van der Waals surface area contributed by atoms with Crippen molar-refractivity contribution in [1.82, 2.24) is 14.4 Å². The van der Waals surface area contributed by atoms with Crippen molar-refractivity contribution >= 4 is 15.9 Å². The summed E-state index contributed by atoms with van der Waals surface area (Å²) in [5.74, 6) is -0.113. The molecule has 0 aromatic carbocycles. The van der Waals surface area contributed by atoms with Gasteiger partial charge in [0.2, 0.25) is 15.9 Å². The molecule has 0 bridgehead atoms. The number of nitrogens with two attached hydrogens (primary N) is 1. The normalized spacial score (nSPS) is 19.6. The lowest BCUT2D eigenvalue weighted by molar-refractivity contribution is -0.123. The molecule has 1 amide bonds. The Morgan fingerprint density at radius 3 is 2.29 bits per heavy atom. The monoisotopic (exact) mass is 316 g/mol. The number of rotatable bonds is 4. The zero-order chi connectivity index (χ0) is 15.8. The predicted octanol–water partition coefficient (Wildman–Crippen LogP) is -0.528. The van der Waals surface area contributed by atoms with Crippen molar-refractivity contribution in [1.29, 1.82) is 0 Å². The van der Waals surface area contributed by atoms with Crippen molar-refractivity contribution in [3.63, 3.8) is 0 Å². The minimum absolute atomic E-state index is 0.138. The molecule has 0 aliphatic carbocycles. The summed E-state index contributed by atoms with van der Waals surface area (Å²) in [6.45, 7) is 6.46. The number of carbonyl (C=O) groups is 1. The Hall–Kier alpha value is -1.45. The number of hydrogen-bond acceptors (Lipinski definition) is 6. The number of amides is 1. The molecule has 1 aromatic heterocycles. The second-order valence-electron chi connectivity index (χ2n) is 5.17. The van der Waals surface area contributed by atoms with Gasteiger partial charge in [-0.1, -0.05) is 5.16 Å². The molecule has 118 valence electrons. The summed E-state index contributed by atoms with van der Waals surface area (Å²) in [7, 11) is -3.62. The molecule has 1 saturated heterocycles. The highest BCUT2D eigenvalue weighted by molar-refractivity contribution is 7.89. The van der Waals surface area contributed by atoms with Crippen LogP contribution in [-0.4, -0.2) is 60.9 Å². The zero-order valence-corrected chi connectivity index (χ0v) is 13.2. The van der Waals surface area contributed by atoms with Gasteiger partial charge in [0.25, 0.3) is 0 Å². The Labute approximate surface area is 123 Å². The van der Waals surface area contributed by atoms with Crippen LogP contribution in [0.25, 0.3) is 0 Å². The minimum atomic E-state index is -3.62. The van der Waals surface area contributed by atoms with E-state index in [0.29, 0.717) is 37.6 Å². The molecule has 1 atom stereocenters.